The number of methoxy groups -OCH3 is 1. The van der Waals surface area contributed by atoms with Crippen LogP contribution in [0.15, 0.2) is 35.9 Å². The van der Waals surface area contributed by atoms with Gasteiger partial charge in [-0.2, -0.15) is 0 Å². The minimum absolute atomic E-state index is 0.00161. The Morgan fingerprint density at radius 1 is 1.20 bits per heavy atom. The highest BCUT2D eigenvalue weighted by Crippen LogP contribution is 2.20. The van der Waals surface area contributed by atoms with Gasteiger partial charge in [-0.1, -0.05) is 26.0 Å². The summed E-state index contributed by atoms with van der Waals surface area (Å²) < 4.78 is 4.80. The van der Waals surface area contributed by atoms with E-state index in [2.05, 4.69) is 10.7 Å². The maximum Gasteiger partial charge on any atom is 0.324 e. The second-order valence-corrected chi connectivity index (χ2v) is 10.4. The quantitative estimate of drug-likeness (QED) is 0.262. The van der Waals surface area contributed by atoms with Crippen LogP contribution in [0, 0.1) is 11.8 Å². The number of hydrogen-bond donors (Lipinski definition) is 3. The Hall–Kier alpha value is -4.06. The van der Waals surface area contributed by atoms with E-state index < -0.39 is 59.9 Å². The highest BCUT2D eigenvalue weighted by atomic mass is 16.5. The first-order chi connectivity index (χ1) is 18.9. The standard InChI is InChI=1S/C28H36N4O8/c1-16(2)21(14-20(34)15-31-24(35)11-17(3)26(31)37)25(36)29-23(13-18-7-5-8-19(33)12-18)27(38)32-10-6-9-22(30-32)28(39)40-4/h5,7-8,11-12,16,21-23,30,33H,6,9-10,13-15H2,1-4H3,(H,29,36)/t21-,22-,23-/m0/s1. The molecule has 0 bridgehead atoms. The third-order valence-corrected chi connectivity index (χ3v) is 7.01. The van der Waals surface area contributed by atoms with E-state index in [1.165, 1.54) is 37.3 Å². The number of imide groups is 1. The topological polar surface area (TPSA) is 162 Å². The van der Waals surface area contributed by atoms with Crippen molar-refractivity contribution in [2.75, 3.05) is 20.2 Å². The molecule has 0 spiro atoms. The number of hydrogen-bond acceptors (Lipinski definition) is 9. The molecule has 0 unspecified atom stereocenters. The van der Waals surface area contributed by atoms with Gasteiger partial charge in [0.2, 0.25) is 5.91 Å². The molecule has 1 saturated heterocycles. The molecule has 2 aliphatic heterocycles. The minimum Gasteiger partial charge on any atom is -0.508 e. The highest BCUT2D eigenvalue weighted by Gasteiger charge is 2.36. The van der Waals surface area contributed by atoms with Crippen LogP contribution in [0.3, 0.4) is 0 Å². The number of ether oxygens (including phenoxy) is 1. The molecule has 216 valence electrons. The lowest BCUT2D eigenvalue weighted by Crippen LogP contribution is -2.60. The van der Waals surface area contributed by atoms with E-state index >= 15 is 0 Å². The summed E-state index contributed by atoms with van der Waals surface area (Å²) in [5, 5.41) is 14.0. The molecule has 0 saturated carbocycles. The van der Waals surface area contributed by atoms with E-state index in [-0.39, 0.29) is 30.1 Å². The Morgan fingerprint density at radius 2 is 1.93 bits per heavy atom. The number of esters is 1. The summed E-state index contributed by atoms with van der Waals surface area (Å²) in [7, 11) is 1.26. The van der Waals surface area contributed by atoms with Gasteiger partial charge in [0.15, 0.2) is 5.78 Å². The van der Waals surface area contributed by atoms with Crippen LogP contribution in [0.1, 0.15) is 45.6 Å². The molecule has 3 N–H and O–H groups in total. The summed E-state index contributed by atoms with van der Waals surface area (Å²) >= 11 is 0. The Morgan fingerprint density at radius 3 is 2.52 bits per heavy atom. The third-order valence-electron chi connectivity index (χ3n) is 7.01. The molecule has 1 fully saturated rings. The maximum absolute atomic E-state index is 13.6. The zero-order valence-corrected chi connectivity index (χ0v) is 23.1. The number of amides is 4. The summed E-state index contributed by atoms with van der Waals surface area (Å²) in [6.07, 6.45) is 1.99. The number of nitrogens with one attached hydrogen (secondary N) is 2. The first-order valence-corrected chi connectivity index (χ1v) is 13.2. The summed E-state index contributed by atoms with van der Waals surface area (Å²) in [6, 6.07) is 4.50. The van der Waals surface area contributed by atoms with Gasteiger partial charge in [0.05, 0.1) is 13.7 Å². The first kappa shape index (κ1) is 30.5. The van der Waals surface area contributed by atoms with Crippen LogP contribution in [-0.2, 0) is 39.9 Å². The molecule has 12 nitrogen and oxygen atoms in total. The van der Waals surface area contributed by atoms with Gasteiger partial charge in [0, 0.05) is 37.0 Å². The van der Waals surface area contributed by atoms with Gasteiger partial charge in [0.1, 0.15) is 17.8 Å². The number of ketones is 1. The third kappa shape index (κ3) is 7.53. The number of rotatable bonds is 11. The van der Waals surface area contributed by atoms with Crippen molar-refractivity contribution in [3.8, 4) is 5.75 Å². The van der Waals surface area contributed by atoms with E-state index in [1.807, 2.05) is 0 Å². The van der Waals surface area contributed by atoms with Crippen LogP contribution in [0.5, 0.6) is 5.75 Å². The van der Waals surface area contributed by atoms with Crippen LogP contribution in [0.2, 0.25) is 0 Å². The van der Waals surface area contributed by atoms with Gasteiger partial charge in [-0.15, -0.1) is 0 Å². The predicted octanol–water partition coefficient (Wildman–Crippen LogP) is 0.635. The molecule has 4 amide bonds. The molecular formula is C28H36N4O8. The van der Waals surface area contributed by atoms with Gasteiger partial charge in [0.25, 0.3) is 17.7 Å². The Bertz CT molecular complexity index is 1210. The average molecular weight is 557 g/mol. The second-order valence-electron chi connectivity index (χ2n) is 10.4. The van der Waals surface area contributed by atoms with E-state index in [0.29, 0.717) is 24.9 Å². The number of phenols is 1. The number of nitrogens with zero attached hydrogens (tertiary/aromatic N) is 2. The fourth-order valence-electron chi connectivity index (χ4n) is 4.75. The minimum atomic E-state index is -1.08. The summed E-state index contributed by atoms with van der Waals surface area (Å²) in [6.45, 7) is 4.86. The van der Waals surface area contributed by atoms with Gasteiger partial charge >= 0.3 is 5.97 Å². The van der Waals surface area contributed by atoms with Crippen molar-refractivity contribution in [1.82, 2.24) is 20.7 Å². The van der Waals surface area contributed by atoms with Crippen LogP contribution in [0.25, 0.3) is 0 Å². The van der Waals surface area contributed by atoms with Crippen LogP contribution >= 0.6 is 0 Å². The van der Waals surface area contributed by atoms with Crippen molar-refractivity contribution < 1.29 is 38.6 Å². The first-order valence-electron chi connectivity index (χ1n) is 13.2. The molecule has 1 aromatic rings. The number of Topliss-reactive ketones (excluding diaryl/α,β-unsaturated/α-hetero) is 1. The number of carbonyl (C=O) groups is 6. The maximum atomic E-state index is 13.6. The molecule has 3 rings (SSSR count). The van der Waals surface area contributed by atoms with Crippen LogP contribution in [-0.4, -0.2) is 82.7 Å². The fourth-order valence-corrected chi connectivity index (χ4v) is 4.75. The largest absolute Gasteiger partial charge is 0.508 e. The van der Waals surface area contributed by atoms with Gasteiger partial charge in [-0.05, 0) is 43.4 Å². The van der Waals surface area contributed by atoms with Crippen molar-refractivity contribution >= 4 is 35.4 Å². The van der Waals surface area contributed by atoms with Crippen LogP contribution in [0.4, 0.5) is 0 Å². The molecule has 12 heteroatoms. The normalized spacial score (nSPS) is 18.8. The molecule has 0 radical (unpaired) electrons. The predicted molar refractivity (Wildman–Crippen MR) is 142 cm³/mol. The van der Waals surface area contributed by atoms with Crippen molar-refractivity contribution in [1.29, 1.82) is 0 Å². The Labute approximate surface area is 232 Å². The molecule has 40 heavy (non-hydrogen) atoms. The van der Waals surface area contributed by atoms with E-state index in [1.54, 1.807) is 26.0 Å². The lowest BCUT2D eigenvalue weighted by Gasteiger charge is -2.35. The molecule has 2 heterocycles. The van der Waals surface area contributed by atoms with E-state index in [4.69, 9.17) is 4.74 Å². The summed E-state index contributed by atoms with van der Waals surface area (Å²) in [5.41, 5.74) is 3.70. The lowest BCUT2D eigenvalue weighted by atomic mass is 9.89. The zero-order chi connectivity index (χ0) is 29.6. The Balaban J connectivity index is 1.76. The number of carbonyl (C=O) groups excluding carboxylic acids is 6. The van der Waals surface area contributed by atoms with Crippen molar-refractivity contribution in [2.24, 2.45) is 11.8 Å². The molecule has 2 aliphatic rings. The SMILES string of the molecule is COC(=O)[C@@H]1CCCN(C(=O)[C@H](Cc2cccc(O)c2)NC(=O)[C@@H](CC(=O)CN2C(=O)C=C(C)C2=O)C(C)C)N1. The zero-order valence-electron chi connectivity index (χ0n) is 23.1. The van der Waals surface area contributed by atoms with Crippen molar-refractivity contribution in [3.05, 3.63) is 41.5 Å². The Kier molecular flexibility index (Phi) is 10.2. The monoisotopic (exact) mass is 556 g/mol. The number of hydrazine groups is 1. The number of phenolic OH excluding ortho intramolecular Hbond substituents is 1. The molecule has 0 aliphatic carbocycles. The number of aromatic hydroxyl groups is 1. The van der Waals surface area contributed by atoms with Crippen LogP contribution < -0.4 is 10.7 Å². The van der Waals surface area contributed by atoms with Gasteiger partial charge in [-0.3, -0.25) is 38.7 Å². The summed E-state index contributed by atoms with van der Waals surface area (Å²) in [4.78, 5) is 77.0. The fraction of sp³-hybridized carbons (Fsp3) is 0.500. The highest BCUT2D eigenvalue weighted by molar-refractivity contribution is 6.17. The van der Waals surface area contributed by atoms with Crippen molar-refractivity contribution in [3.63, 3.8) is 0 Å². The van der Waals surface area contributed by atoms with E-state index in [0.717, 1.165) is 4.90 Å². The second kappa shape index (κ2) is 13.3. The van der Waals surface area contributed by atoms with Crippen molar-refractivity contribution in [2.45, 2.75) is 58.5 Å². The molecule has 1 aromatic carbocycles. The molecule has 0 aromatic heterocycles. The smallest absolute Gasteiger partial charge is 0.324 e. The molecule has 3 atom stereocenters. The summed E-state index contributed by atoms with van der Waals surface area (Å²) in [5.74, 6) is -4.27. The van der Waals surface area contributed by atoms with E-state index in [9.17, 15) is 33.9 Å². The molecular weight excluding hydrogens is 520 g/mol. The number of benzene rings is 1. The average Bonchev–Trinajstić information content (AvgIpc) is 3.15. The van der Waals surface area contributed by atoms with Gasteiger partial charge < -0.3 is 15.2 Å². The lowest BCUT2D eigenvalue weighted by molar-refractivity contribution is -0.151. The van der Waals surface area contributed by atoms with Gasteiger partial charge in [-0.25, -0.2) is 5.43 Å².